The summed E-state index contributed by atoms with van der Waals surface area (Å²) < 4.78 is 0. The smallest absolute Gasteiger partial charge is 0.326 e. The maximum Gasteiger partial charge on any atom is 0.326 e. The summed E-state index contributed by atoms with van der Waals surface area (Å²) in [5.74, 6) is -1.13. The highest BCUT2D eigenvalue weighted by molar-refractivity contribution is 7.10. The van der Waals surface area contributed by atoms with Crippen molar-refractivity contribution in [3.05, 3.63) is 57.3 Å². The Hall–Kier alpha value is -2.14. The quantitative estimate of drug-likeness (QED) is 0.880. The van der Waals surface area contributed by atoms with E-state index in [1.807, 2.05) is 36.6 Å². The van der Waals surface area contributed by atoms with Gasteiger partial charge in [-0.3, -0.25) is 4.79 Å². The topological polar surface area (TPSA) is 57.6 Å². The van der Waals surface area contributed by atoms with Crippen LogP contribution in [0.4, 0.5) is 0 Å². The van der Waals surface area contributed by atoms with Gasteiger partial charge in [-0.2, -0.15) is 0 Å². The number of thiophene rings is 1. The minimum atomic E-state index is -0.945. The molecule has 0 unspecified atom stereocenters. The van der Waals surface area contributed by atoms with Crippen LogP contribution >= 0.6 is 11.3 Å². The monoisotopic (exact) mass is 299 g/mol. The Morgan fingerprint density at radius 2 is 2.14 bits per heavy atom. The number of amides is 1. The van der Waals surface area contributed by atoms with Gasteiger partial charge >= 0.3 is 5.97 Å². The Kier molecular flexibility index (Phi) is 2.37. The summed E-state index contributed by atoms with van der Waals surface area (Å²) in [5, 5.41) is 11.5. The first-order valence-corrected chi connectivity index (χ1v) is 7.66. The lowest BCUT2D eigenvalue weighted by Gasteiger charge is -2.43. The first kappa shape index (κ1) is 12.6. The van der Waals surface area contributed by atoms with E-state index in [9.17, 15) is 14.7 Å². The van der Waals surface area contributed by atoms with Crippen molar-refractivity contribution in [2.75, 3.05) is 0 Å². The molecule has 2 atom stereocenters. The summed E-state index contributed by atoms with van der Waals surface area (Å²) in [5.41, 5.74) is 1.89. The number of aliphatic carboxylic acids is 1. The van der Waals surface area contributed by atoms with Gasteiger partial charge in [0.1, 0.15) is 11.6 Å². The van der Waals surface area contributed by atoms with E-state index < -0.39 is 17.6 Å². The Balaban J connectivity index is 2.05. The average molecular weight is 299 g/mol. The van der Waals surface area contributed by atoms with Crippen LogP contribution in [0.5, 0.6) is 0 Å². The molecule has 1 N–H and O–H groups in total. The van der Waals surface area contributed by atoms with Crippen molar-refractivity contribution in [3.8, 4) is 0 Å². The van der Waals surface area contributed by atoms with E-state index in [4.69, 9.17) is 0 Å². The van der Waals surface area contributed by atoms with Crippen molar-refractivity contribution in [3.63, 3.8) is 0 Å². The van der Waals surface area contributed by atoms with Crippen molar-refractivity contribution in [1.82, 2.24) is 4.90 Å². The Bertz CT molecular complexity index is 781. The van der Waals surface area contributed by atoms with Gasteiger partial charge in [0.05, 0.1) is 0 Å². The number of fused-ring (bicyclic) bond motifs is 5. The number of carboxylic acids is 1. The third-order valence-electron chi connectivity index (χ3n) is 4.58. The molecule has 1 aromatic carbocycles. The van der Waals surface area contributed by atoms with Gasteiger partial charge in [0.2, 0.25) is 0 Å². The highest BCUT2D eigenvalue weighted by Crippen LogP contribution is 2.51. The van der Waals surface area contributed by atoms with Gasteiger partial charge in [-0.05, 0) is 35.6 Å². The van der Waals surface area contributed by atoms with Crippen molar-refractivity contribution in [2.45, 2.75) is 24.9 Å². The van der Waals surface area contributed by atoms with Crippen LogP contribution < -0.4 is 0 Å². The van der Waals surface area contributed by atoms with E-state index in [1.54, 1.807) is 22.3 Å². The molecule has 0 spiro atoms. The molecule has 106 valence electrons. The predicted octanol–water partition coefficient (Wildman–Crippen LogP) is 2.48. The Labute approximate surface area is 125 Å². The third-order valence-corrected chi connectivity index (χ3v) is 5.75. The SMILES string of the molecule is C[C@]12c3ccccc3C(=O)N1[C@H](C(=O)O)Cc1ccsc12. The lowest BCUT2D eigenvalue weighted by molar-refractivity contribution is -0.144. The van der Waals surface area contributed by atoms with Crippen molar-refractivity contribution < 1.29 is 14.7 Å². The molecule has 2 aliphatic heterocycles. The summed E-state index contributed by atoms with van der Waals surface area (Å²) in [6.07, 6.45) is 0.378. The molecule has 0 bridgehead atoms. The maximum atomic E-state index is 12.7. The highest BCUT2D eigenvalue weighted by atomic mass is 32.1. The second-order valence-electron chi connectivity index (χ2n) is 5.63. The van der Waals surface area contributed by atoms with Gasteiger partial charge in [0.25, 0.3) is 5.91 Å². The average Bonchev–Trinajstić information content (AvgIpc) is 3.02. The van der Waals surface area contributed by atoms with Crippen LogP contribution in [0.15, 0.2) is 35.7 Å². The predicted molar refractivity (Wildman–Crippen MR) is 78.5 cm³/mol. The minimum absolute atomic E-state index is 0.181. The minimum Gasteiger partial charge on any atom is -0.480 e. The molecular formula is C16H13NO3S. The number of carbonyl (C=O) groups is 2. The number of hydrogen-bond acceptors (Lipinski definition) is 3. The van der Waals surface area contributed by atoms with Crippen molar-refractivity contribution in [2.24, 2.45) is 0 Å². The van der Waals surface area contributed by atoms with E-state index in [1.165, 1.54) is 0 Å². The largest absolute Gasteiger partial charge is 0.480 e. The zero-order chi connectivity index (χ0) is 14.8. The normalized spacial score (nSPS) is 26.2. The van der Waals surface area contributed by atoms with Crippen LogP contribution in [-0.2, 0) is 16.8 Å². The molecule has 2 aromatic rings. The first-order valence-electron chi connectivity index (χ1n) is 6.78. The molecule has 1 aromatic heterocycles. The molecule has 0 fully saturated rings. The number of hydrogen-bond donors (Lipinski definition) is 1. The molecule has 0 saturated heterocycles. The van der Waals surface area contributed by atoms with E-state index in [2.05, 4.69) is 0 Å². The second-order valence-corrected chi connectivity index (χ2v) is 6.54. The molecule has 21 heavy (non-hydrogen) atoms. The number of nitrogens with zero attached hydrogens (tertiary/aromatic N) is 1. The maximum absolute atomic E-state index is 12.7. The number of benzene rings is 1. The van der Waals surface area contributed by atoms with Gasteiger partial charge in [-0.1, -0.05) is 18.2 Å². The number of carboxylic acid groups (broad SMARTS) is 1. The van der Waals surface area contributed by atoms with E-state index in [-0.39, 0.29) is 5.91 Å². The van der Waals surface area contributed by atoms with Gasteiger partial charge in [0.15, 0.2) is 0 Å². The summed E-state index contributed by atoms with van der Waals surface area (Å²) in [7, 11) is 0. The molecule has 0 radical (unpaired) electrons. The lowest BCUT2D eigenvalue weighted by atomic mass is 9.82. The van der Waals surface area contributed by atoms with Crippen LogP contribution in [0.2, 0.25) is 0 Å². The Morgan fingerprint density at radius 3 is 2.90 bits per heavy atom. The van der Waals surface area contributed by atoms with Crippen LogP contribution in [0.3, 0.4) is 0 Å². The van der Waals surface area contributed by atoms with Gasteiger partial charge < -0.3 is 10.0 Å². The fourth-order valence-electron chi connectivity index (χ4n) is 3.66. The van der Waals surface area contributed by atoms with Gasteiger partial charge in [0, 0.05) is 16.9 Å². The van der Waals surface area contributed by atoms with Crippen LogP contribution in [0.1, 0.15) is 33.3 Å². The molecule has 0 saturated carbocycles. The molecule has 5 heteroatoms. The van der Waals surface area contributed by atoms with Crippen molar-refractivity contribution >= 4 is 23.2 Å². The fourth-order valence-corrected chi connectivity index (χ4v) is 4.77. The molecule has 0 aliphatic carbocycles. The van der Waals surface area contributed by atoms with Crippen LogP contribution in [0.25, 0.3) is 0 Å². The first-order chi connectivity index (χ1) is 10.0. The zero-order valence-corrected chi connectivity index (χ0v) is 12.2. The zero-order valence-electron chi connectivity index (χ0n) is 11.4. The number of rotatable bonds is 1. The molecule has 3 heterocycles. The third kappa shape index (κ3) is 1.39. The van der Waals surface area contributed by atoms with E-state index in [0.717, 1.165) is 16.0 Å². The van der Waals surface area contributed by atoms with Crippen molar-refractivity contribution in [1.29, 1.82) is 0 Å². The molecule has 4 rings (SSSR count). The van der Waals surface area contributed by atoms with Crippen LogP contribution in [-0.4, -0.2) is 27.9 Å². The molecular weight excluding hydrogens is 286 g/mol. The highest BCUT2D eigenvalue weighted by Gasteiger charge is 2.55. The standard InChI is InChI=1S/C16H13NO3S/c1-16-11-5-3-2-4-10(11)14(18)17(16)12(15(19)20)8-9-6-7-21-13(9)16/h2-7,12H,8H2,1H3,(H,19,20)/t12-,16+/m0/s1. The summed E-state index contributed by atoms with van der Waals surface area (Å²) >= 11 is 1.59. The molecule has 4 nitrogen and oxygen atoms in total. The lowest BCUT2D eigenvalue weighted by Crippen LogP contribution is -2.55. The number of carbonyl (C=O) groups excluding carboxylic acids is 1. The molecule has 1 amide bonds. The molecule has 2 aliphatic rings. The van der Waals surface area contributed by atoms with E-state index in [0.29, 0.717) is 12.0 Å². The second kappa shape index (κ2) is 3.95. The van der Waals surface area contributed by atoms with E-state index >= 15 is 0 Å². The summed E-state index contributed by atoms with van der Waals surface area (Å²) in [6, 6.07) is 8.61. The Morgan fingerprint density at radius 1 is 1.38 bits per heavy atom. The fraction of sp³-hybridized carbons (Fsp3) is 0.250. The summed E-state index contributed by atoms with van der Waals surface area (Å²) in [4.78, 5) is 27.1. The van der Waals surface area contributed by atoms with Gasteiger partial charge in [-0.15, -0.1) is 11.3 Å². The van der Waals surface area contributed by atoms with Gasteiger partial charge in [-0.25, -0.2) is 4.79 Å². The van der Waals surface area contributed by atoms with Crippen LogP contribution in [0, 0.1) is 0 Å². The summed E-state index contributed by atoms with van der Waals surface area (Å²) in [6.45, 7) is 1.96.